The fourth-order valence-corrected chi connectivity index (χ4v) is 2.17. The molecule has 1 saturated carbocycles. The van der Waals surface area contributed by atoms with Crippen LogP contribution in [0.5, 0.6) is 0 Å². The zero-order valence-corrected chi connectivity index (χ0v) is 9.51. The van der Waals surface area contributed by atoms with E-state index in [0.717, 1.165) is 0 Å². The molecule has 1 aromatic carbocycles. The van der Waals surface area contributed by atoms with Gasteiger partial charge in [-0.2, -0.15) is 0 Å². The molecule has 0 unspecified atom stereocenters. The van der Waals surface area contributed by atoms with E-state index < -0.39 is 10.5 Å². The Kier molecular flexibility index (Phi) is 2.83. The predicted octanol–water partition coefficient (Wildman–Crippen LogP) is 0.714. The van der Waals surface area contributed by atoms with Gasteiger partial charge in [-0.25, -0.2) is 0 Å². The van der Waals surface area contributed by atoms with Gasteiger partial charge in [0.05, 0.1) is 10.5 Å². The van der Waals surface area contributed by atoms with E-state index in [2.05, 4.69) is 5.32 Å². The van der Waals surface area contributed by atoms with Crippen LogP contribution in [0.2, 0.25) is 0 Å². The van der Waals surface area contributed by atoms with Crippen LogP contribution in [0.3, 0.4) is 0 Å². The number of rotatable bonds is 3. The van der Waals surface area contributed by atoms with Crippen LogP contribution in [0, 0.1) is 10.1 Å². The lowest BCUT2D eigenvalue weighted by atomic mass is 9.77. The SMILES string of the molecule is [B]c1cccc([N+](=O)[O-])c1NC1CC(C)(O)C1. The summed E-state index contributed by atoms with van der Waals surface area (Å²) in [5.74, 6) is 0. The van der Waals surface area contributed by atoms with E-state index in [9.17, 15) is 15.2 Å². The van der Waals surface area contributed by atoms with Gasteiger partial charge < -0.3 is 10.4 Å². The van der Waals surface area contributed by atoms with Crippen molar-refractivity contribution in [2.75, 3.05) is 5.32 Å². The van der Waals surface area contributed by atoms with Gasteiger partial charge in [0, 0.05) is 12.1 Å². The number of hydrogen-bond acceptors (Lipinski definition) is 4. The third kappa shape index (κ3) is 2.41. The van der Waals surface area contributed by atoms with Crippen molar-refractivity contribution in [1.29, 1.82) is 0 Å². The topological polar surface area (TPSA) is 75.4 Å². The van der Waals surface area contributed by atoms with E-state index in [-0.39, 0.29) is 11.7 Å². The molecule has 5 nitrogen and oxygen atoms in total. The second-order valence-corrected chi connectivity index (χ2v) is 4.74. The number of para-hydroxylation sites is 1. The molecule has 1 fully saturated rings. The average molecular weight is 232 g/mol. The van der Waals surface area contributed by atoms with Gasteiger partial charge in [0.25, 0.3) is 5.69 Å². The Morgan fingerprint density at radius 1 is 1.59 bits per heavy atom. The maximum absolute atomic E-state index is 10.8. The lowest BCUT2D eigenvalue weighted by Gasteiger charge is -2.41. The summed E-state index contributed by atoms with van der Waals surface area (Å²) in [6.07, 6.45) is 1.14. The van der Waals surface area contributed by atoms with Crippen LogP contribution >= 0.6 is 0 Å². The molecule has 1 aliphatic carbocycles. The number of nitrogens with one attached hydrogen (secondary N) is 1. The number of aliphatic hydroxyl groups is 1. The highest BCUT2D eigenvalue weighted by atomic mass is 16.6. The van der Waals surface area contributed by atoms with Gasteiger partial charge in [-0.3, -0.25) is 10.1 Å². The standard InChI is InChI=1S/C11H13BN2O3/c1-11(15)5-7(6-11)13-10-8(12)3-2-4-9(10)14(16)17/h2-4,7,13,15H,5-6H2,1H3. The number of nitro benzene ring substituents is 1. The van der Waals surface area contributed by atoms with Crippen LogP contribution < -0.4 is 10.8 Å². The highest BCUT2D eigenvalue weighted by Gasteiger charge is 2.39. The van der Waals surface area contributed by atoms with Crippen LogP contribution in [0.1, 0.15) is 19.8 Å². The van der Waals surface area contributed by atoms with Crippen LogP contribution in [0.4, 0.5) is 11.4 Å². The van der Waals surface area contributed by atoms with E-state index in [1.54, 1.807) is 19.1 Å². The first kappa shape index (κ1) is 11.9. The predicted molar refractivity (Wildman–Crippen MR) is 65.8 cm³/mol. The van der Waals surface area contributed by atoms with Crippen molar-refractivity contribution in [3.8, 4) is 0 Å². The summed E-state index contributed by atoms with van der Waals surface area (Å²) in [4.78, 5) is 10.4. The molecular formula is C11H13BN2O3. The summed E-state index contributed by atoms with van der Waals surface area (Å²) in [6.45, 7) is 1.74. The normalized spacial score (nSPS) is 27.3. The molecule has 2 radical (unpaired) electrons. The number of benzene rings is 1. The Morgan fingerprint density at radius 3 is 2.76 bits per heavy atom. The molecule has 0 saturated heterocycles. The molecule has 0 atom stereocenters. The first-order chi connectivity index (χ1) is 7.89. The molecule has 2 N–H and O–H groups in total. The number of nitro groups is 1. The van der Waals surface area contributed by atoms with Gasteiger partial charge in [-0.1, -0.05) is 17.6 Å². The summed E-state index contributed by atoms with van der Waals surface area (Å²) in [5, 5.41) is 23.5. The largest absolute Gasteiger partial charge is 0.390 e. The van der Waals surface area contributed by atoms with Crippen molar-refractivity contribution in [2.24, 2.45) is 0 Å². The van der Waals surface area contributed by atoms with Crippen LogP contribution in [0.15, 0.2) is 18.2 Å². The summed E-state index contributed by atoms with van der Waals surface area (Å²) >= 11 is 0. The highest BCUT2D eigenvalue weighted by Crippen LogP contribution is 2.35. The molecule has 0 heterocycles. The maximum atomic E-state index is 10.8. The minimum absolute atomic E-state index is 0.0310. The Bertz CT molecular complexity index is 454. The lowest BCUT2D eigenvalue weighted by Crippen LogP contribution is -2.48. The molecule has 0 bridgehead atoms. The monoisotopic (exact) mass is 232 g/mol. The third-order valence-electron chi connectivity index (χ3n) is 2.99. The van der Waals surface area contributed by atoms with Gasteiger partial charge in [0.2, 0.25) is 0 Å². The smallest absolute Gasteiger partial charge is 0.291 e. The van der Waals surface area contributed by atoms with Gasteiger partial charge in [0.1, 0.15) is 13.5 Å². The highest BCUT2D eigenvalue weighted by molar-refractivity contribution is 6.36. The van der Waals surface area contributed by atoms with Crippen molar-refractivity contribution in [3.63, 3.8) is 0 Å². The minimum Gasteiger partial charge on any atom is -0.390 e. The second-order valence-electron chi connectivity index (χ2n) is 4.74. The minimum atomic E-state index is -0.671. The fourth-order valence-electron chi connectivity index (χ4n) is 2.17. The van der Waals surface area contributed by atoms with Crippen molar-refractivity contribution in [2.45, 2.75) is 31.4 Å². The van der Waals surface area contributed by atoms with Gasteiger partial charge in [-0.05, 0) is 19.8 Å². The molecule has 0 spiro atoms. The summed E-state index contributed by atoms with van der Waals surface area (Å²) in [5.41, 5.74) is -0.00371. The molecule has 2 rings (SSSR count). The fraction of sp³-hybridized carbons (Fsp3) is 0.455. The Morgan fingerprint density at radius 2 is 2.24 bits per heavy atom. The van der Waals surface area contributed by atoms with E-state index in [1.807, 2.05) is 0 Å². The quantitative estimate of drug-likeness (QED) is 0.457. The molecular weight excluding hydrogens is 219 g/mol. The van der Waals surface area contributed by atoms with E-state index in [4.69, 9.17) is 7.85 Å². The number of anilines is 1. The lowest BCUT2D eigenvalue weighted by molar-refractivity contribution is -0.383. The van der Waals surface area contributed by atoms with Gasteiger partial charge in [0.15, 0.2) is 0 Å². The van der Waals surface area contributed by atoms with Crippen molar-refractivity contribution < 1.29 is 10.0 Å². The molecule has 1 aliphatic rings. The van der Waals surface area contributed by atoms with Crippen LogP contribution in [0.25, 0.3) is 0 Å². The van der Waals surface area contributed by atoms with E-state index >= 15 is 0 Å². The van der Waals surface area contributed by atoms with E-state index in [0.29, 0.717) is 24.0 Å². The zero-order valence-electron chi connectivity index (χ0n) is 9.51. The zero-order chi connectivity index (χ0) is 12.6. The summed E-state index contributed by atoms with van der Waals surface area (Å²) < 4.78 is 0. The molecule has 0 aliphatic heterocycles. The van der Waals surface area contributed by atoms with Crippen molar-refractivity contribution >= 4 is 24.7 Å². The molecule has 6 heteroatoms. The summed E-state index contributed by atoms with van der Waals surface area (Å²) in [7, 11) is 5.72. The van der Waals surface area contributed by atoms with Crippen molar-refractivity contribution in [1.82, 2.24) is 0 Å². The third-order valence-corrected chi connectivity index (χ3v) is 2.99. The maximum Gasteiger partial charge on any atom is 0.291 e. The average Bonchev–Trinajstić information content (AvgIpc) is 2.17. The first-order valence-corrected chi connectivity index (χ1v) is 5.41. The van der Waals surface area contributed by atoms with Crippen LogP contribution in [-0.2, 0) is 0 Å². The van der Waals surface area contributed by atoms with Crippen LogP contribution in [-0.4, -0.2) is 29.5 Å². The molecule has 0 amide bonds. The van der Waals surface area contributed by atoms with E-state index in [1.165, 1.54) is 6.07 Å². The molecule has 0 aromatic heterocycles. The van der Waals surface area contributed by atoms with Gasteiger partial charge >= 0.3 is 0 Å². The molecule has 88 valence electrons. The Balaban J connectivity index is 2.18. The Hall–Kier alpha value is -1.56. The molecule has 1 aromatic rings. The molecule has 17 heavy (non-hydrogen) atoms. The Labute approximate surface area is 100 Å². The second kappa shape index (κ2) is 4.03. The summed E-state index contributed by atoms with van der Waals surface area (Å²) in [6, 6.07) is 4.62. The first-order valence-electron chi connectivity index (χ1n) is 5.41. The number of nitrogens with zero attached hydrogens (tertiary/aromatic N) is 1. The van der Waals surface area contributed by atoms with Crippen molar-refractivity contribution in [3.05, 3.63) is 28.3 Å². The number of hydrogen-bond donors (Lipinski definition) is 2. The van der Waals surface area contributed by atoms with Gasteiger partial charge in [-0.15, -0.1) is 0 Å².